The van der Waals surface area contributed by atoms with Crippen LogP contribution in [0, 0.1) is 0 Å². The van der Waals surface area contributed by atoms with Crippen molar-refractivity contribution >= 4 is 128 Å². The van der Waals surface area contributed by atoms with Crippen molar-refractivity contribution in [3.05, 3.63) is 600 Å². The zero-order chi connectivity index (χ0) is 96.6. The lowest BCUT2D eigenvalue weighted by Crippen LogP contribution is -2.42. The number of anilines is 9. The van der Waals surface area contributed by atoms with Crippen molar-refractivity contribution in [1.29, 1.82) is 0 Å². The lowest BCUT2D eigenvalue weighted by atomic mass is 9.60. The molecule has 0 bridgehead atoms. The fourth-order valence-electron chi connectivity index (χ4n) is 25.2. The maximum absolute atomic E-state index is 14.4. The Morgan fingerprint density at radius 1 is 0.171 bits per heavy atom. The van der Waals surface area contributed by atoms with Gasteiger partial charge in [-0.25, -0.2) is 4.98 Å². The second-order valence-electron chi connectivity index (χ2n) is 38.1. The smallest absolute Gasteiger partial charge is 0.264 e. The van der Waals surface area contributed by atoms with Crippen LogP contribution < -0.4 is 31.4 Å². The summed E-state index contributed by atoms with van der Waals surface area (Å²) in [6.45, 7) is 0. The zero-order valence-corrected chi connectivity index (χ0v) is 79.4. The normalized spacial score (nSPS) is 13.7. The predicted octanol–water partition coefficient (Wildman–Crippen LogP) is 30.8. The first-order valence-electron chi connectivity index (χ1n) is 49.4. The van der Waals surface area contributed by atoms with Crippen molar-refractivity contribution in [1.82, 2.24) is 28.7 Å². The number of hydrogen-bond donors (Lipinski definition) is 0. The molecule has 6 aliphatic rings. The van der Waals surface area contributed by atoms with Crippen LogP contribution >= 0.6 is 11.3 Å². The molecule has 5 aromatic heterocycles. The van der Waals surface area contributed by atoms with Crippen molar-refractivity contribution in [2.45, 2.75) is 16.2 Å². The highest BCUT2D eigenvalue weighted by molar-refractivity contribution is 7.09. The average molecular weight is 1890 g/mol. The minimum Gasteiger partial charge on any atom is -0.310 e. The third-order valence-electron chi connectivity index (χ3n) is 31.0. The molecule has 0 radical (unpaired) electrons. The fraction of sp³-hybridized carbons (Fsp3) is 0.0226. The summed E-state index contributed by atoms with van der Waals surface area (Å²) in [6, 6.07) is 172. The van der Waals surface area contributed by atoms with Crippen LogP contribution in [0.5, 0.6) is 0 Å². The molecule has 6 aliphatic heterocycles. The quantitative estimate of drug-likeness (QED) is 0.144. The number of benzene rings is 20. The van der Waals surface area contributed by atoms with Crippen molar-refractivity contribution in [2.75, 3.05) is 14.7 Å². The van der Waals surface area contributed by atoms with Crippen molar-refractivity contribution in [2.24, 2.45) is 0 Å². The number of pyridine rings is 3. The minimum absolute atomic E-state index is 0.00424. The molecule has 0 fully saturated rings. The summed E-state index contributed by atoms with van der Waals surface area (Å²) >= 11 is 1.57. The SMILES string of the molecule is O=c1c2ccccc2c2cccc3c2n1-c1ccccc1C31c2ccccc2N(c2ccc(-c3ccccc3)cc2)c2ccccc21.O=c1c2ccccc2c2cccc3c2n1-c1ccccc1C31c2ccccc2N(c2ccc(-c3ccccc3)cc2)c2ccccc21.O=c1c2cscc2c2cccc3c2n1-c1ccccc1C31c2ccccc2N(c2nc(-c3ccccc3)nc(-c3ccccc3)n2)c2ccccc21. The van der Waals surface area contributed by atoms with Crippen LogP contribution in [0.3, 0.4) is 0 Å². The molecule has 20 aromatic carbocycles. The second-order valence-corrected chi connectivity index (χ2v) is 38.8. The Labute approximate surface area is 843 Å². The van der Waals surface area contributed by atoms with E-state index in [1.807, 2.05) is 122 Å². The highest BCUT2D eigenvalue weighted by atomic mass is 32.1. The molecule has 146 heavy (non-hydrogen) atoms. The monoisotopic (exact) mass is 1890 g/mol. The van der Waals surface area contributed by atoms with Gasteiger partial charge in [0.1, 0.15) is 0 Å². The largest absolute Gasteiger partial charge is 0.310 e. The van der Waals surface area contributed by atoms with Crippen molar-refractivity contribution < 1.29 is 0 Å². The molecular formula is C133H83N9O3S. The van der Waals surface area contributed by atoms with Gasteiger partial charge >= 0.3 is 0 Å². The molecule has 0 saturated carbocycles. The number of aromatic nitrogens is 6. The van der Waals surface area contributed by atoms with E-state index in [0.717, 1.165) is 183 Å². The third-order valence-corrected chi connectivity index (χ3v) is 31.7. The van der Waals surface area contributed by atoms with E-state index in [-0.39, 0.29) is 16.7 Å². The molecule has 0 aliphatic carbocycles. The van der Waals surface area contributed by atoms with Crippen LogP contribution in [0.1, 0.15) is 66.8 Å². The highest BCUT2D eigenvalue weighted by Gasteiger charge is 2.55. The van der Waals surface area contributed by atoms with Crippen LogP contribution in [0.4, 0.5) is 51.4 Å². The maximum Gasteiger partial charge on any atom is 0.264 e. The molecular weight excluding hydrogens is 1800 g/mol. The van der Waals surface area contributed by atoms with Crippen LogP contribution in [-0.2, 0) is 16.2 Å². The Bertz CT molecular complexity index is 9390. The van der Waals surface area contributed by atoms with Crippen molar-refractivity contribution in [3.8, 4) is 62.1 Å². The molecule has 684 valence electrons. The molecule has 0 saturated heterocycles. The van der Waals surface area contributed by atoms with Gasteiger partial charge in [-0.15, -0.1) is 0 Å². The van der Waals surface area contributed by atoms with E-state index < -0.39 is 16.2 Å². The van der Waals surface area contributed by atoms with E-state index in [9.17, 15) is 14.4 Å². The van der Waals surface area contributed by atoms with E-state index in [1.165, 1.54) is 44.5 Å². The first-order chi connectivity index (χ1) is 72.3. The van der Waals surface area contributed by atoms with Crippen LogP contribution in [0.2, 0.25) is 0 Å². The molecule has 31 rings (SSSR count). The fourth-order valence-corrected chi connectivity index (χ4v) is 26.0. The first kappa shape index (κ1) is 83.9. The van der Waals surface area contributed by atoms with Gasteiger partial charge in [-0.1, -0.05) is 400 Å². The molecule has 3 spiro atoms. The molecule has 25 aromatic rings. The van der Waals surface area contributed by atoms with E-state index in [2.05, 4.69) is 408 Å². The van der Waals surface area contributed by atoms with E-state index in [1.54, 1.807) is 11.3 Å². The Balaban J connectivity index is 0.000000104. The topological polar surface area (TPSA) is 114 Å². The number of fused-ring (bicyclic) bond motifs is 30. The molecule has 0 amide bonds. The summed E-state index contributed by atoms with van der Waals surface area (Å²) in [6.07, 6.45) is 0. The second kappa shape index (κ2) is 32.8. The standard InChI is InChI=1S/C45H27N5OS.2C44H28N2O/c51-43-32-27-52-26-31(32)30-18-13-22-36-40(30)50(43)39-25-12-9-21-35(39)45(36)33-19-7-10-23-37(33)49(38-24-11-8-20-34(38)45)44-47-41(28-14-3-1-4-15-28)46-42(48-44)29-16-5-2-6-17-29;2*47-43-34-16-5-4-15-32(34)33-17-12-21-38-42(33)46(43)41-24-11-8-20-37(41)44(38)35-18-6-9-22-39(35)45(40-23-10-7-19-36(40)44)31-27-25-30(26-28-31)29-13-2-1-3-14-29/h1-27H;2*1-28H. The van der Waals surface area contributed by atoms with Gasteiger partial charge in [0.2, 0.25) is 5.95 Å². The van der Waals surface area contributed by atoms with Crippen LogP contribution in [0.25, 0.3) is 127 Å². The molecule has 0 atom stereocenters. The minimum atomic E-state index is -0.756. The number of thiophene rings is 1. The summed E-state index contributed by atoms with van der Waals surface area (Å²) in [5, 5.41) is 12.5. The van der Waals surface area contributed by atoms with Gasteiger partial charge in [0, 0.05) is 60.2 Å². The van der Waals surface area contributed by atoms with Crippen LogP contribution in [-0.4, -0.2) is 28.7 Å². The maximum atomic E-state index is 14.4. The Kier molecular flexibility index (Phi) is 18.8. The highest BCUT2D eigenvalue weighted by Crippen LogP contribution is 2.66. The average Bonchev–Trinajstić information content (AvgIpc) is 0.915. The Hall–Kier alpha value is -19.1. The third kappa shape index (κ3) is 11.9. The molecule has 0 unspecified atom stereocenters. The van der Waals surface area contributed by atoms with Crippen molar-refractivity contribution in [3.63, 3.8) is 0 Å². The molecule has 12 nitrogen and oxygen atoms in total. The summed E-state index contributed by atoms with van der Waals surface area (Å²) in [5.74, 6) is 1.72. The number of hydrogen-bond acceptors (Lipinski definition) is 10. The molecule has 0 N–H and O–H groups in total. The van der Waals surface area contributed by atoms with Gasteiger partial charge < -0.3 is 9.80 Å². The number of para-hydroxylation sites is 12. The summed E-state index contributed by atoms with van der Waals surface area (Å²) in [7, 11) is 0. The molecule has 11 heterocycles. The van der Waals surface area contributed by atoms with E-state index in [0.29, 0.717) is 17.6 Å². The zero-order valence-electron chi connectivity index (χ0n) is 78.6. The molecule has 13 heteroatoms. The van der Waals surface area contributed by atoms with Gasteiger partial charge in [0.05, 0.1) is 89.4 Å². The summed E-state index contributed by atoms with van der Waals surface area (Å²) < 4.78 is 5.88. The van der Waals surface area contributed by atoms with Gasteiger partial charge in [-0.3, -0.25) is 33.0 Å². The number of nitrogens with zero attached hydrogens (tertiary/aromatic N) is 9. The Morgan fingerprint density at radius 2 is 0.397 bits per heavy atom. The first-order valence-corrected chi connectivity index (χ1v) is 50.3. The summed E-state index contributed by atoms with van der Waals surface area (Å²) in [4.78, 5) is 65.6. The van der Waals surface area contributed by atoms with E-state index in [4.69, 9.17) is 15.0 Å². The lowest BCUT2D eigenvalue weighted by molar-refractivity contribution is 0.707. The van der Waals surface area contributed by atoms with Crippen LogP contribution in [0.15, 0.2) is 517 Å². The van der Waals surface area contributed by atoms with Gasteiger partial charge in [0.15, 0.2) is 11.6 Å². The van der Waals surface area contributed by atoms with Gasteiger partial charge in [-0.05, 0) is 196 Å². The predicted molar refractivity (Wildman–Crippen MR) is 594 cm³/mol. The summed E-state index contributed by atoms with van der Waals surface area (Å²) in [5.41, 5.74) is 32.3. The number of rotatable bonds is 7. The van der Waals surface area contributed by atoms with Gasteiger partial charge in [0.25, 0.3) is 16.7 Å². The Morgan fingerprint density at radius 3 is 0.719 bits per heavy atom. The van der Waals surface area contributed by atoms with E-state index >= 15 is 0 Å². The van der Waals surface area contributed by atoms with Gasteiger partial charge in [-0.2, -0.15) is 21.3 Å². The lowest BCUT2D eigenvalue weighted by Gasteiger charge is -2.49.